The molecule has 1 amide bonds. The maximum Gasteiger partial charge on any atom is 0.257 e. The zero-order valence-corrected chi connectivity index (χ0v) is 12.7. The standard InChI is InChI=1S/C16H26N2O2/c1-12(2)7-8-18-16(19)11-20-15-6-4-5-14(10-15)9-13(3)17/h4-6,10,12-13H,7-9,11,17H2,1-3H3,(H,18,19). The van der Waals surface area contributed by atoms with Crippen LogP contribution in [-0.4, -0.2) is 25.1 Å². The first-order valence-corrected chi connectivity index (χ1v) is 7.21. The molecule has 20 heavy (non-hydrogen) atoms. The Labute approximate surface area is 121 Å². The van der Waals surface area contributed by atoms with Gasteiger partial charge in [0.1, 0.15) is 5.75 Å². The second-order valence-electron chi connectivity index (χ2n) is 5.65. The smallest absolute Gasteiger partial charge is 0.257 e. The van der Waals surface area contributed by atoms with E-state index in [0.717, 1.165) is 18.4 Å². The number of ether oxygens (including phenoxy) is 1. The highest BCUT2D eigenvalue weighted by atomic mass is 16.5. The molecule has 0 bridgehead atoms. The fourth-order valence-electron chi connectivity index (χ4n) is 1.83. The first kappa shape index (κ1) is 16.5. The number of hydrogen-bond donors (Lipinski definition) is 2. The quantitative estimate of drug-likeness (QED) is 0.765. The minimum Gasteiger partial charge on any atom is -0.484 e. The predicted octanol–water partition coefficient (Wildman–Crippen LogP) is 2.12. The summed E-state index contributed by atoms with van der Waals surface area (Å²) in [6.07, 6.45) is 1.79. The molecule has 0 aliphatic heterocycles. The van der Waals surface area contributed by atoms with Gasteiger partial charge in [-0.2, -0.15) is 0 Å². The third kappa shape index (κ3) is 7.14. The van der Waals surface area contributed by atoms with Gasteiger partial charge < -0.3 is 15.8 Å². The third-order valence-electron chi connectivity index (χ3n) is 2.87. The van der Waals surface area contributed by atoms with Crippen molar-refractivity contribution in [1.82, 2.24) is 5.32 Å². The largest absolute Gasteiger partial charge is 0.484 e. The molecule has 0 saturated heterocycles. The molecule has 3 N–H and O–H groups in total. The average molecular weight is 278 g/mol. The molecule has 4 heteroatoms. The van der Waals surface area contributed by atoms with Gasteiger partial charge in [-0.15, -0.1) is 0 Å². The van der Waals surface area contributed by atoms with Crippen molar-refractivity contribution in [2.75, 3.05) is 13.2 Å². The maximum atomic E-state index is 11.6. The van der Waals surface area contributed by atoms with Crippen LogP contribution in [0.15, 0.2) is 24.3 Å². The number of nitrogens with one attached hydrogen (secondary N) is 1. The van der Waals surface area contributed by atoms with Crippen molar-refractivity contribution in [2.45, 2.75) is 39.7 Å². The Balaban J connectivity index is 2.35. The Morgan fingerprint density at radius 2 is 2.10 bits per heavy atom. The van der Waals surface area contributed by atoms with E-state index in [1.807, 2.05) is 31.2 Å². The van der Waals surface area contributed by atoms with Crippen LogP contribution in [-0.2, 0) is 11.2 Å². The predicted molar refractivity (Wildman–Crippen MR) is 81.8 cm³/mol. The highest BCUT2D eigenvalue weighted by Gasteiger charge is 2.04. The van der Waals surface area contributed by atoms with E-state index in [4.69, 9.17) is 10.5 Å². The van der Waals surface area contributed by atoms with E-state index in [-0.39, 0.29) is 18.6 Å². The van der Waals surface area contributed by atoms with Crippen LogP contribution in [0.4, 0.5) is 0 Å². The summed E-state index contributed by atoms with van der Waals surface area (Å²) in [4.78, 5) is 11.6. The highest BCUT2D eigenvalue weighted by Crippen LogP contribution is 2.14. The van der Waals surface area contributed by atoms with Crippen LogP contribution in [0.2, 0.25) is 0 Å². The van der Waals surface area contributed by atoms with Gasteiger partial charge in [-0.25, -0.2) is 0 Å². The molecule has 0 aliphatic rings. The molecule has 0 radical (unpaired) electrons. The van der Waals surface area contributed by atoms with Crippen LogP contribution >= 0.6 is 0 Å². The van der Waals surface area contributed by atoms with Crippen molar-refractivity contribution in [3.63, 3.8) is 0 Å². The van der Waals surface area contributed by atoms with Gasteiger partial charge in [0.25, 0.3) is 5.91 Å². The number of rotatable bonds is 8. The number of carbonyl (C=O) groups excluding carboxylic acids is 1. The van der Waals surface area contributed by atoms with Crippen LogP contribution in [0.25, 0.3) is 0 Å². The van der Waals surface area contributed by atoms with Gasteiger partial charge in [0.05, 0.1) is 0 Å². The number of amides is 1. The van der Waals surface area contributed by atoms with E-state index < -0.39 is 0 Å². The van der Waals surface area contributed by atoms with Crippen molar-refractivity contribution in [3.05, 3.63) is 29.8 Å². The Morgan fingerprint density at radius 3 is 2.75 bits per heavy atom. The van der Waals surface area contributed by atoms with E-state index in [1.54, 1.807) is 0 Å². The Kier molecular flexibility index (Phi) is 7.09. The molecule has 0 aliphatic carbocycles. The SMILES string of the molecule is CC(C)CCNC(=O)COc1cccc(CC(C)N)c1. The fraction of sp³-hybridized carbons (Fsp3) is 0.562. The molecule has 0 spiro atoms. The van der Waals surface area contributed by atoms with Crippen molar-refractivity contribution >= 4 is 5.91 Å². The minimum atomic E-state index is -0.0803. The van der Waals surface area contributed by atoms with Crippen LogP contribution in [0.1, 0.15) is 32.8 Å². The average Bonchev–Trinajstić information content (AvgIpc) is 2.35. The molecule has 0 heterocycles. The lowest BCUT2D eigenvalue weighted by Gasteiger charge is -2.10. The van der Waals surface area contributed by atoms with Crippen molar-refractivity contribution in [2.24, 2.45) is 11.7 Å². The summed E-state index contributed by atoms with van der Waals surface area (Å²) >= 11 is 0. The van der Waals surface area contributed by atoms with Crippen LogP contribution in [0.3, 0.4) is 0 Å². The van der Waals surface area contributed by atoms with Gasteiger partial charge in [0, 0.05) is 12.6 Å². The van der Waals surface area contributed by atoms with Gasteiger partial charge in [-0.3, -0.25) is 4.79 Å². The molecule has 112 valence electrons. The lowest BCUT2D eigenvalue weighted by molar-refractivity contribution is -0.123. The van der Waals surface area contributed by atoms with Crippen LogP contribution in [0, 0.1) is 5.92 Å². The number of nitrogens with two attached hydrogens (primary N) is 1. The monoisotopic (exact) mass is 278 g/mol. The summed E-state index contributed by atoms with van der Waals surface area (Å²) in [5.74, 6) is 1.22. The third-order valence-corrected chi connectivity index (χ3v) is 2.87. The fourth-order valence-corrected chi connectivity index (χ4v) is 1.83. The van der Waals surface area contributed by atoms with E-state index in [2.05, 4.69) is 19.2 Å². The van der Waals surface area contributed by atoms with E-state index in [1.165, 1.54) is 0 Å². The lowest BCUT2D eigenvalue weighted by atomic mass is 10.1. The van der Waals surface area contributed by atoms with Gasteiger partial charge >= 0.3 is 0 Å². The molecule has 4 nitrogen and oxygen atoms in total. The summed E-state index contributed by atoms with van der Waals surface area (Å²) in [6, 6.07) is 7.84. The molecule has 1 rings (SSSR count). The normalized spacial score (nSPS) is 12.2. The zero-order valence-electron chi connectivity index (χ0n) is 12.7. The van der Waals surface area contributed by atoms with Gasteiger partial charge in [-0.05, 0) is 43.4 Å². The van der Waals surface area contributed by atoms with Crippen LogP contribution < -0.4 is 15.8 Å². The summed E-state index contributed by atoms with van der Waals surface area (Å²) in [7, 11) is 0. The van der Waals surface area contributed by atoms with Crippen molar-refractivity contribution in [1.29, 1.82) is 0 Å². The molecule has 1 aromatic carbocycles. The highest BCUT2D eigenvalue weighted by molar-refractivity contribution is 5.77. The molecule has 0 aromatic heterocycles. The topological polar surface area (TPSA) is 64.3 Å². The first-order valence-electron chi connectivity index (χ1n) is 7.21. The summed E-state index contributed by atoms with van der Waals surface area (Å²) in [6.45, 7) is 6.99. The number of hydrogen-bond acceptors (Lipinski definition) is 3. The second-order valence-corrected chi connectivity index (χ2v) is 5.65. The first-order chi connectivity index (χ1) is 9.47. The van der Waals surface area contributed by atoms with Crippen molar-refractivity contribution < 1.29 is 9.53 Å². The lowest BCUT2D eigenvalue weighted by Crippen LogP contribution is -2.30. The van der Waals surface area contributed by atoms with E-state index in [0.29, 0.717) is 18.2 Å². The Bertz CT molecular complexity index is 417. The number of carbonyl (C=O) groups is 1. The summed E-state index contributed by atoms with van der Waals surface area (Å²) in [5.41, 5.74) is 6.89. The second kappa shape index (κ2) is 8.59. The summed E-state index contributed by atoms with van der Waals surface area (Å²) in [5, 5.41) is 2.85. The molecular formula is C16H26N2O2. The number of benzene rings is 1. The molecule has 1 aromatic rings. The van der Waals surface area contributed by atoms with Crippen LogP contribution in [0.5, 0.6) is 5.75 Å². The molecule has 1 atom stereocenters. The van der Waals surface area contributed by atoms with Gasteiger partial charge in [-0.1, -0.05) is 26.0 Å². The maximum absolute atomic E-state index is 11.6. The molecule has 0 fully saturated rings. The minimum absolute atomic E-state index is 0.0553. The summed E-state index contributed by atoms with van der Waals surface area (Å²) < 4.78 is 5.49. The van der Waals surface area contributed by atoms with E-state index in [9.17, 15) is 4.79 Å². The zero-order chi connectivity index (χ0) is 15.0. The van der Waals surface area contributed by atoms with Gasteiger partial charge in [0.15, 0.2) is 6.61 Å². The van der Waals surface area contributed by atoms with Crippen molar-refractivity contribution in [3.8, 4) is 5.75 Å². The molecule has 1 unspecified atom stereocenters. The van der Waals surface area contributed by atoms with E-state index >= 15 is 0 Å². The Hall–Kier alpha value is -1.55. The Morgan fingerprint density at radius 1 is 1.35 bits per heavy atom. The molecular weight excluding hydrogens is 252 g/mol. The molecule has 0 saturated carbocycles. The van der Waals surface area contributed by atoms with Gasteiger partial charge in [0.2, 0.25) is 0 Å².